The van der Waals surface area contributed by atoms with Gasteiger partial charge in [-0.2, -0.15) is 0 Å². The summed E-state index contributed by atoms with van der Waals surface area (Å²) >= 11 is 0. The summed E-state index contributed by atoms with van der Waals surface area (Å²) in [4.78, 5) is 13.9. The van der Waals surface area contributed by atoms with Crippen LogP contribution < -0.4 is 0 Å². The summed E-state index contributed by atoms with van der Waals surface area (Å²) in [5.41, 5.74) is 0. The molecule has 0 aromatic heterocycles. The van der Waals surface area contributed by atoms with Crippen LogP contribution in [0.4, 0.5) is 0 Å². The highest BCUT2D eigenvalue weighted by molar-refractivity contribution is 5.81. The molecule has 1 saturated heterocycles. The lowest BCUT2D eigenvalue weighted by Gasteiger charge is -2.18. The predicted molar refractivity (Wildman–Crippen MR) is 61.6 cm³/mol. The van der Waals surface area contributed by atoms with Crippen molar-refractivity contribution >= 4 is 5.91 Å². The maximum Gasteiger partial charge on any atom is 0.225 e. The zero-order chi connectivity index (χ0) is 10.7. The molecule has 1 unspecified atom stereocenters. The van der Waals surface area contributed by atoms with Crippen molar-refractivity contribution in [2.24, 2.45) is 11.8 Å². The lowest BCUT2D eigenvalue weighted by molar-refractivity contribution is -0.130. The first-order valence-electron chi connectivity index (χ1n) is 6.54. The van der Waals surface area contributed by atoms with E-state index in [1.165, 1.54) is 44.9 Å². The van der Waals surface area contributed by atoms with Crippen molar-refractivity contribution in [3.05, 3.63) is 0 Å². The van der Waals surface area contributed by atoms with E-state index in [1.54, 1.807) is 0 Å². The molecule has 1 heterocycles. The molecule has 0 radical (unpaired) electrons. The van der Waals surface area contributed by atoms with Crippen molar-refractivity contribution in [3.8, 4) is 0 Å². The fourth-order valence-electron chi connectivity index (χ4n) is 3.18. The van der Waals surface area contributed by atoms with Crippen LogP contribution in [0, 0.1) is 11.8 Å². The number of hydrogen-bond acceptors (Lipinski definition) is 1. The Labute approximate surface area is 93.0 Å². The van der Waals surface area contributed by atoms with E-state index in [9.17, 15) is 4.79 Å². The number of nitrogens with zero attached hydrogens (tertiary/aromatic N) is 1. The molecule has 86 valence electrons. The van der Waals surface area contributed by atoms with E-state index in [4.69, 9.17) is 0 Å². The molecule has 0 aromatic carbocycles. The quantitative estimate of drug-likeness (QED) is 0.601. The van der Waals surface area contributed by atoms with Gasteiger partial charge in [-0.15, -0.1) is 0 Å². The largest absolute Gasteiger partial charge is 0.345 e. The van der Waals surface area contributed by atoms with Gasteiger partial charge in [-0.3, -0.25) is 4.79 Å². The maximum absolute atomic E-state index is 11.9. The molecule has 1 aliphatic heterocycles. The average Bonchev–Trinajstić information content (AvgIpc) is 2.51. The Morgan fingerprint density at radius 2 is 1.60 bits per heavy atom. The van der Waals surface area contributed by atoms with Gasteiger partial charge < -0.3 is 4.90 Å². The number of fused-ring (bicyclic) bond motifs is 1. The smallest absolute Gasteiger partial charge is 0.225 e. The molecular weight excluding hydrogens is 186 g/mol. The van der Waals surface area contributed by atoms with Gasteiger partial charge in [0.1, 0.15) is 0 Å². The van der Waals surface area contributed by atoms with E-state index in [-0.39, 0.29) is 0 Å². The third-order valence-electron chi connectivity index (χ3n) is 4.11. The Morgan fingerprint density at radius 1 is 1.00 bits per heavy atom. The summed E-state index contributed by atoms with van der Waals surface area (Å²) in [6.45, 7) is 1.02. The Kier molecular flexibility index (Phi) is 3.66. The van der Waals surface area contributed by atoms with Crippen LogP contribution in [-0.2, 0) is 4.79 Å². The SMILES string of the molecule is CN1C[C@H]2CCCCCCCCC2C1=O. The minimum atomic E-state index is 0.369. The molecule has 2 fully saturated rings. The van der Waals surface area contributed by atoms with E-state index in [1.807, 2.05) is 11.9 Å². The van der Waals surface area contributed by atoms with Crippen LogP contribution in [0.15, 0.2) is 0 Å². The summed E-state index contributed by atoms with van der Waals surface area (Å²) in [5, 5.41) is 0. The highest BCUT2D eigenvalue weighted by atomic mass is 16.2. The number of carbonyl (C=O) groups excluding carboxylic acids is 1. The van der Waals surface area contributed by atoms with Crippen LogP contribution in [0.1, 0.15) is 51.4 Å². The molecule has 1 saturated carbocycles. The molecule has 15 heavy (non-hydrogen) atoms. The van der Waals surface area contributed by atoms with Gasteiger partial charge in [0, 0.05) is 19.5 Å². The van der Waals surface area contributed by atoms with Crippen LogP contribution in [0.3, 0.4) is 0 Å². The lowest BCUT2D eigenvalue weighted by Crippen LogP contribution is -2.22. The van der Waals surface area contributed by atoms with E-state index in [0.29, 0.717) is 17.7 Å². The van der Waals surface area contributed by atoms with Gasteiger partial charge in [0.2, 0.25) is 5.91 Å². The minimum absolute atomic E-state index is 0.369. The number of rotatable bonds is 0. The van der Waals surface area contributed by atoms with E-state index >= 15 is 0 Å². The second-order valence-corrected chi connectivity index (χ2v) is 5.28. The van der Waals surface area contributed by atoms with Gasteiger partial charge >= 0.3 is 0 Å². The Morgan fingerprint density at radius 3 is 2.33 bits per heavy atom. The summed E-state index contributed by atoms with van der Waals surface area (Å²) in [6, 6.07) is 0. The van der Waals surface area contributed by atoms with Crippen molar-refractivity contribution in [2.45, 2.75) is 51.4 Å². The summed E-state index contributed by atoms with van der Waals surface area (Å²) in [7, 11) is 1.97. The van der Waals surface area contributed by atoms with Gasteiger partial charge in [-0.05, 0) is 18.8 Å². The second kappa shape index (κ2) is 5.00. The first-order valence-corrected chi connectivity index (χ1v) is 6.54. The third-order valence-corrected chi connectivity index (χ3v) is 4.11. The number of amides is 1. The molecule has 2 aliphatic rings. The molecule has 1 aliphatic carbocycles. The summed E-state index contributed by atoms with van der Waals surface area (Å²) in [5.74, 6) is 1.45. The van der Waals surface area contributed by atoms with Crippen molar-refractivity contribution in [1.82, 2.24) is 4.90 Å². The predicted octanol–water partition coefficient (Wildman–Crippen LogP) is 2.83. The first kappa shape index (κ1) is 11.0. The molecule has 2 atom stereocenters. The van der Waals surface area contributed by atoms with Crippen LogP contribution in [0.2, 0.25) is 0 Å². The number of hydrogen-bond donors (Lipinski definition) is 0. The number of likely N-dealkylation sites (tertiary alicyclic amines) is 1. The van der Waals surface area contributed by atoms with Crippen molar-refractivity contribution in [3.63, 3.8) is 0 Å². The van der Waals surface area contributed by atoms with Crippen LogP contribution in [0.25, 0.3) is 0 Å². The fourth-order valence-corrected chi connectivity index (χ4v) is 3.18. The van der Waals surface area contributed by atoms with Crippen molar-refractivity contribution in [1.29, 1.82) is 0 Å². The van der Waals surface area contributed by atoms with Crippen molar-refractivity contribution in [2.75, 3.05) is 13.6 Å². The molecule has 2 nitrogen and oxygen atoms in total. The molecule has 0 N–H and O–H groups in total. The first-order chi connectivity index (χ1) is 7.29. The van der Waals surface area contributed by atoms with Gasteiger partial charge in [0.15, 0.2) is 0 Å². The monoisotopic (exact) mass is 209 g/mol. The molecule has 0 aromatic rings. The topological polar surface area (TPSA) is 20.3 Å². The zero-order valence-corrected chi connectivity index (χ0v) is 9.87. The standard InChI is InChI=1S/C13H23NO/c1-14-10-11-8-6-4-2-3-5-7-9-12(11)13(14)15/h11-12H,2-10H2,1H3/t11-,12?/m1/s1. The molecule has 0 bridgehead atoms. The third kappa shape index (κ3) is 2.53. The van der Waals surface area contributed by atoms with Crippen LogP contribution in [-0.4, -0.2) is 24.4 Å². The molecule has 2 rings (SSSR count). The molecule has 0 spiro atoms. The highest BCUT2D eigenvalue weighted by Gasteiger charge is 2.37. The lowest BCUT2D eigenvalue weighted by atomic mass is 9.85. The fraction of sp³-hybridized carbons (Fsp3) is 0.923. The van der Waals surface area contributed by atoms with E-state index < -0.39 is 0 Å². The molecule has 1 amide bonds. The highest BCUT2D eigenvalue weighted by Crippen LogP contribution is 2.33. The van der Waals surface area contributed by atoms with Crippen LogP contribution >= 0.6 is 0 Å². The minimum Gasteiger partial charge on any atom is -0.345 e. The summed E-state index contributed by atoms with van der Waals surface area (Å²) < 4.78 is 0. The Bertz CT molecular complexity index is 227. The van der Waals surface area contributed by atoms with E-state index in [2.05, 4.69) is 0 Å². The van der Waals surface area contributed by atoms with Crippen LogP contribution in [0.5, 0.6) is 0 Å². The van der Waals surface area contributed by atoms with Gasteiger partial charge in [0.05, 0.1) is 0 Å². The van der Waals surface area contributed by atoms with Crippen molar-refractivity contribution < 1.29 is 4.79 Å². The van der Waals surface area contributed by atoms with Gasteiger partial charge in [0.25, 0.3) is 0 Å². The molecular formula is C13H23NO. The average molecular weight is 209 g/mol. The normalized spacial score (nSPS) is 33.9. The Hall–Kier alpha value is -0.530. The maximum atomic E-state index is 11.9. The van der Waals surface area contributed by atoms with Gasteiger partial charge in [-0.25, -0.2) is 0 Å². The van der Waals surface area contributed by atoms with Gasteiger partial charge in [-0.1, -0.05) is 38.5 Å². The Balaban J connectivity index is 1.97. The summed E-state index contributed by atoms with van der Waals surface area (Å²) in [6.07, 6.45) is 10.5. The molecule has 2 heteroatoms. The van der Waals surface area contributed by atoms with E-state index in [0.717, 1.165) is 13.0 Å². The second-order valence-electron chi connectivity index (χ2n) is 5.28. The number of carbonyl (C=O) groups is 1. The zero-order valence-electron chi connectivity index (χ0n) is 9.87.